The molecule has 11 heteroatoms. The topological polar surface area (TPSA) is 107 Å². The van der Waals surface area contributed by atoms with Crippen molar-refractivity contribution in [3.8, 4) is 5.75 Å². The van der Waals surface area contributed by atoms with Crippen LogP contribution in [0.4, 0.5) is 13.2 Å². The molecule has 1 aromatic rings. The molecule has 0 unspecified atom stereocenters. The summed E-state index contributed by atoms with van der Waals surface area (Å²) in [6.45, 7) is 0.674. The van der Waals surface area contributed by atoms with E-state index in [0.29, 0.717) is 0 Å². The Hall–Kier alpha value is -2.14. The minimum atomic E-state index is -5.34. The van der Waals surface area contributed by atoms with Crippen LogP contribution in [-0.2, 0) is 24.4 Å². The van der Waals surface area contributed by atoms with Crippen molar-refractivity contribution in [1.29, 1.82) is 0 Å². The van der Waals surface area contributed by atoms with Crippen LogP contribution in [0.3, 0.4) is 0 Å². The quantitative estimate of drug-likeness (QED) is 0.371. The number of carbonyl (C=O) groups is 2. The number of esters is 2. The second kappa shape index (κ2) is 6.75. The van der Waals surface area contributed by atoms with Crippen LogP contribution in [0.15, 0.2) is 11.0 Å². The Kier molecular flexibility index (Phi) is 5.49. The Balaban J connectivity index is 2.99. The summed E-state index contributed by atoms with van der Waals surface area (Å²) in [5.41, 5.74) is 0. The Bertz CT molecular complexity index is 715. The summed E-state index contributed by atoms with van der Waals surface area (Å²) in [5.74, 6) is -9.13. The minimum Gasteiger partial charge on any atom is -0.465 e. The fourth-order valence-corrected chi connectivity index (χ4v) is 1.94. The van der Waals surface area contributed by atoms with E-state index in [1.807, 2.05) is 0 Å². The maximum atomic E-state index is 13.5. The highest BCUT2D eigenvalue weighted by Crippen LogP contribution is 2.28. The van der Waals surface area contributed by atoms with Gasteiger partial charge in [-0.25, -0.2) is 8.78 Å². The Labute approximate surface area is 122 Å². The number of hydrogen-bond donors (Lipinski definition) is 1. The third-order valence-electron chi connectivity index (χ3n) is 2.18. The van der Waals surface area contributed by atoms with Gasteiger partial charge in [0.05, 0.1) is 6.42 Å². The molecule has 0 saturated heterocycles. The lowest BCUT2D eigenvalue weighted by atomic mass is 10.3. The molecule has 1 N–H and O–H groups in total. The third kappa shape index (κ3) is 4.43. The molecule has 0 spiro atoms. The number of benzene rings is 1. The van der Waals surface area contributed by atoms with E-state index in [2.05, 4.69) is 9.47 Å². The van der Waals surface area contributed by atoms with Gasteiger partial charge in [0.25, 0.3) is 0 Å². The van der Waals surface area contributed by atoms with Gasteiger partial charge >= 0.3 is 22.1 Å². The van der Waals surface area contributed by atoms with Crippen LogP contribution in [0, 0.1) is 17.5 Å². The molecule has 0 atom stereocenters. The SMILES string of the molecule is CC(=O)OCCC(=O)Oc1cc(F)c(S(=O)(=O)O)c(F)c1F. The van der Waals surface area contributed by atoms with E-state index in [9.17, 15) is 31.2 Å². The average molecular weight is 342 g/mol. The molecule has 0 amide bonds. The van der Waals surface area contributed by atoms with Gasteiger partial charge in [0, 0.05) is 13.0 Å². The van der Waals surface area contributed by atoms with Crippen molar-refractivity contribution in [1.82, 2.24) is 0 Å². The molecule has 0 fully saturated rings. The molecule has 22 heavy (non-hydrogen) atoms. The second-order valence-corrected chi connectivity index (χ2v) is 5.21. The smallest absolute Gasteiger partial charge is 0.314 e. The van der Waals surface area contributed by atoms with Crippen molar-refractivity contribution in [2.45, 2.75) is 18.2 Å². The highest BCUT2D eigenvalue weighted by Gasteiger charge is 2.28. The van der Waals surface area contributed by atoms with E-state index < -0.39 is 63.2 Å². The van der Waals surface area contributed by atoms with Crippen LogP contribution in [0.1, 0.15) is 13.3 Å². The summed E-state index contributed by atoms with van der Waals surface area (Å²) in [6.07, 6.45) is -0.525. The van der Waals surface area contributed by atoms with Crippen molar-refractivity contribution in [2.24, 2.45) is 0 Å². The van der Waals surface area contributed by atoms with E-state index >= 15 is 0 Å². The molecule has 0 heterocycles. The van der Waals surface area contributed by atoms with Crippen LogP contribution >= 0.6 is 0 Å². The second-order valence-electron chi connectivity index (χ2n) is 3.85. The van der Waals surface area contributed by atoms with Gasteiger partial charge in [-0.2, -0.15) is 12.8 Å². The zero-order chi connectivity index (χ0) is 17.1. The zero-order valence-electron chi connectivity index (χ0n) is 10.9. The Morgan fingerprint density at radius 1 is 1.23 bits per heavy atom. The first kappa shape index (κ1) is 17.9. The molecule has 0 radical (unpaired) electrons. The highest BCUT2D eigenvalue weighted by molar-refractivity contribution is 7.85. The van der Waals surface area contributed by atoms with Crippen molar-refractivity contribution >= 4 is 22.1 Å². The Morgan fingerprint density at radius 3 is 2.32 bits per heavy atom. The predicted molar refractivity (Wildman–Crippen MR) is 63.0 cm³/mol. The number of carbonyl (C=O) groups excluding carboxylic acids is 2. The van der Waals surface area contributed by atoms with E-state index in [4.69, 9.17) is 4.55 Å². The number of rotatable bonds is 5. The average Bonchev–Trinajstić information content (AvgIpc) is 2.33. The molecule has 7 nitrogen and oxygen atoms in total. The molecule has 0 saturated carbocycles. The molecule has 0 bridgehead atoms. The molecular formula is C11H9F3O7S. The number of ether oxygens (including phenoxy) is 2. The first-order valence-corrected chi connectivity index (χ1v) is 6.97. The summed E-state index contributed by atoms with van der Waals surface area (Å²) >= 11 is 0. The van der Waals surface area contributed by atoms with Crippen molar-refractivity contribution < 1.29 is 45.2 Å². The Morgan fingerprint density at radius 2 is 1.82 bits per heavy atom. The first-order chi connectivity index (χ1) is 10.0. The fourth-order valence-electron chi connectivity index (χ4n) is 1.32. The van der Waals surface area contributed by atoms with Gasteiger partial charge in [0.15, 0.2) is 22.3 Å². The zero-order valence-corrected chi connectivity index (χ0v) is 11.7. The van der Waals surface area contributed by atoms with Crippen molar-refractivity contribution in [3.63, 3.8) is 0 Å². The lowest BCUT2D eigenvalue weighted by Gasteiger charge is -2.09. The van der Waals surface area contributed by atoms with Gasteiger partial charge in [-0.05, 0) is 0 Å². The standard InChI is InChI=1S/C11H9F3O7S/c1-5(15)20-3-2-8(16)21-7-4-6(12)11(22(17,18)19)10(14)9(7)13/h4H,2-3H2,1H3,(H,17,18,19). The van der Waals surface area contributed by atoms with Gasteiger partial charge in [0.2, 0.25) is 5.82 Å². The fraction of sp³-hybridized carbons (Fsp3) is 0.273. The summed E-state index contributed by atoms with van der Waals surface area (Å²) in [7, 11) is -5.34. The summed E-state index contributed by atoms with van der Waals surface area (Å²) in [6, 6.07) is 0.0885. The van der Waals surface area contributed by atoms with Crippen LogP contribution in [-0.4, -0.2) is 31.5 Å². The van der Waals surface area contributed by atoms with Crippen LogP contribution < -0.4 is 4.74 Å². The number of hydrogen-bond acceptors (Lipinski definition) is 6. The predicted octanol–water partition coefficient (Wildman–Crippen LogP) is 1.21. The number of halogens is 3. The summed E-state index contributed by atoms with van der Waals surface area (Å²) < 4.78 is 79.0. The lowest BCUT2D eigenvalue weighted by molar-refractivity contribution is -0.143. The molecule has 0 aliphatic heterocycles. The van der Waals surface area contributed by atoms with E-state index in [0.717, 1.165) is 6.92 Å². The molecule has 1 aromatic carbocycles. The van der Waals surface area contributed by atoms with Crippen LogP contribution in [0.5, 0.6) is 5.75 Å². The monoisotopic (exact) mass is 342 g/mol. The van der Waals surface area contributed by atoms with E-state index in [1.54, 1.807) is 0 Å². The molecule has 0 aliphatic carbocycles. The van der Waals surface area contributed by atoms with Gasteiger partial charge in [-0.1, -0.05) is 0 Å². The molecule has 0 aromatic heterocycles. The largest absolute Gasteiger partial charge is 0.465 e. The van der Waals surface area contributed by atoms with Gasteiger partial charge in [-0.3, -0.25) is 14.1 Å². The van der Waals surface area contributed by atoms with Gasteiger partial charge in [-0.15, -0.1) is 0 Å². The van der Waals surface area contributed by atoms with Crippen molar-refractivity contribution in [2.75, 3.05) is 6.61 Å². The van der Waals surface area contributed by atoms with Crippen LogP contribution in [0.2, 0.25) is 0 Å². The van der Waals surface area contributed by atoms with Crippen LogP contribution in [0.25, 0.3) is 0 Å². The van der Waals surface area contributed by atoms with Crippen molar-refractivity contribution in [3.05, 3.63) is 23.5 Å². The molecular weight excluding hydrogens is 333 g/mol. The minimum absolute atomic E-state index is 0.0885. The highest BCUT2D eigenvalue weighted by atomic mass is 32.2. The summed E-state index contributed by atoms with van der Waals surface area (Å²) in [5, 5.41) is 0. The lowest BCUT2D eigenvalue weighted by Crippen LogP contribution is -2.15. The summed E-state index contributed by atoms with van der Waals surface area (Å²) in [4.78, 5) is 19.8. The first-order valence-electron chi connectivity index (χ1n) is 5.53. The molecule has 1 rings (SSSR count). The normalized spacial score (nSPS) is 11.1. The molecule has 0 aliphatic rings. The van der Waals surface area contributed by atoms with E-state index in [-0.39, 0.29) is 6.07 Å². The van der Waals surface area contributed by atoms with E-state index in [1.165, 1.54) is 0 Å². The maximum Gasteiger partial charge on any atom is 0.314 e. The maximum absolute atomic E-state index is 13.5. The molecule has 122 valence electrons. The van der Waals surface area contributed by atoms with Gasteiger partial charge < -0.3 is 9.47 Å². The third-order valence-corrected chi connectivity index (χ3v) is 3.07. The van der Waals surface area contributed by atoms with Gasteiger partial charge in [0.1, 0.15) is 6.61 Å².